The van der Waals surface area contributed by atoms with Gasteiger partial charge in [-0.3, -0.25) is 0 Å². The van der Waals surface area contributed by atoms with Crippen LogP contribution in [0.5, 0.6) is 0 Å². The van der Waals surface area contributed by atoms with Crippen LogP contribution in [0, 0.1) is 0 Å². The summed E-state index contributed by atoms with van der Waals surface area (Å²) in [6.07, 6.45) is 8.67. The Balaban J connectivity index is 0.000001000. The summed E-state index contributed by atoms with van der Waals surface area (Å²) in [6.45, 7) is 0. The van der Waals surface area contributed by atoms with Crippen LogP contribution in [0.3, 0.4) is 0 Å². The van der Waals surface area contributed by atoms with E-state index < -0.39 is 0 Å². The molecule has 0 saturated heterocycles. The monoisotopic (exact) mass is 269 g/mol. The molecule has 0 aromatic heterocycles. The van der Waals surface area contributed by atoms with Gasteiger partial charge >= 0.3 is 0 Å². The molecule has 2 heteroatoms. The van der Waals surface area contributed by atoms with Crippen LogP contribution in [0.1, 0.15) is 38.5 Å². The Hall–Kier alpha value is 0.690. The van der Waals surface area contributed by atoms with Crippen molar-refractivity contribution < 1.29 is 0 Å². The van der Waals surface area contributed by atoms with E-state index in [2.05, 4.69) is 19.0 Å². The Morgan fingerprint density at radius 2 is 1.36 bits per heavy atom. The van der Waals surface area contributed by atoms with E-state index in [0.29, 0.717) is 0 Å². The van der Waals surface area contributed by atoms with Crippen molar-refractivity contribution in [3.63, 3.8) is 0 Å². The summed E-state index contributed by atoms with van der Waals surface area (Å²) >= 11 is 0. The fraction of sp³-hybridized carbons (Fsp3) is 1.00. The highest BCUT2D eigenvalue weighted by Crippen LogP contribution is 2.19. The lowest BCUT2D eigenvalue weighted by Crippen LogP contribution is -2.26. The maximum Gasteiger partial charge on any atom is 0.00891 e. The van der Waals surface area contributed by atoms with Crippen molar-refractivity contribution >= 4 is 24.0 Å². The van der Waals surface area contributed by atoms with Crippen LogP contribution in [0.2, 0.25) is 0 Å². The topological polar surface area (TPSA) is 3.24 Å². The standard InChI is InChI=1S/C9H19N.HI/c1-10(2)9-7-5-3-4-6-8-9;/h9H,3-8H2,1-2H3;1H. The molecule has 11 heavy (non-hydrogen) atoms. The van der Waals surface area contributed by atoms with Crippen LogP contribution in [0.4, 0.5) is 0 Å². The van der Waals surface area contributed by atoms with Gasteiger partial charge in [0.05, 0.1) is 0 Å². The second-order valence-corrected chi connectivity index (χ2v) is 3.61. The Morgan fingerprint density at radius 1 is 0.909 bits per heavy atom. The van der Waals surface area contributed by atoms with E-state index in [0.717, 1.165) is 6.04 Å². The molecule has 1 fully saturated rings. The summed E-state index contributed by atoms with van der Waals surface area (Å²) in [4.78, 5) is 2.38. The van der Waals surface area contributed by atoms with E-state index in [9.17, 15) is 0 Å². The molecule has 1 aliphatic rings. The van der Waals surface area contributed by atoms with Gasteiger partial charge in [0, 0.05) is 6.04 Å². The average molecular weight is 269 g/mol. The molecule has 0 spiro atoms. The first kappa shape index (κ1) is 11.7. The predicted octanol–water partition coefficient (Wildman–Crippen LogP) is 2.89. The Kier molecular flexibility index (Phi) is 6.62. The third kappa shape index (κ3) is 4.31. The summed E-state index contributed by atoms with van der Waals surface area (Å²) in [5.74, 6) is 0. The highest BCUT2D eigenvalue weighted by molar-refractivity contribution is 14.0. The van der Waals surface area contributed by atoms with Gasteiger partial charge in [0.15, 0.2) is 0 Å². The minimum atomic E-state index is 0. The summed E-state index contributed by atoms with van der Waals surface area (Å²) in [5, 5.41) is 0. The van der Waals surface area contributed by atoms with E-state index in [-0.39, 0.29) is 24.0 Å². The van der Waals surface area contributed by atoms with Crippen LogP contribution in [-0.2, 0) is 0 Å². The quantitative estimate of drug-likeness (QED) is 0.522. The molecule has 68 valence electrons. The molecule has 1 saturated carbocycles. The van der Waals surface area contributed by atoms with Gasteiger partial charge < -0.3 is 4.90 Å². The number of nitrogens with zero attached hydrogens (tertiary/aromatic N) is 1. The lowest BCUT2D eigenvalue weighted by molar-refractivity contribution is 0.267. The summed E-state index contributed by atoms with van der Waals surface area (Å²) < 4.78 is 0. The first-order chi connectivity index (χ1) is 4.80. The minimum Gasteiger partial charge on any atom is -0.306 e. The minimum absolute atomic E-state index is 0. The molecule has 0 aliphatic heterocycles. The van der Waals surface area contributed by atoms with Gasteiger partial charge in [-0.1, -0.05) is 25.7 Å². The Morgan fingerprint density at radius 3 is 1.73 bits per heavy atom. The van der Waals surface area contributed by atoms with Crippen molar-refractivity contribution in [2.24, 2.45) is 0 Å². The van der Waals surface area contributed by atoms with Crippen molar-refractivity contribution in [2.45, 2.75) is 44.6 Å². The molecule has 0 radical (unpaired) electrons. The SMILES string of the molecule is CN(C)C1CCCCCC1.I. The van der Waals surface area contributed by atoms with Gasteiger partial charge in [-0.25, -0.2) is 0 Å². The van der Waals surface area contributed by atoms with Gasteiger partial charge in [-0.05, 0) is 26.9 Å². The summed E-state index contributed by atoms with van der Waals surface area (Å²) in [5.41, 5.74) is 0. The molecule has 0 bridgehead atoms. The summed E-state index contributed by atoms with van der Waals surface area (Å²) in [6, 6.07) is 0.877. The fourth-order valence-corrected chi connectivity index (χ4v) is 1.77. The second kappa shape index (κ2) is 6.23. The number of hydrogen-bond donors (Lipinski definition) is 0. The normalized spacial score (nSPS) is 21.0. The third-order valence-electron chi connectivity index (χ3n) is 2.55. The lowest BCUT2D eigenvalue weighted by Gasteiger charge is -2.21. The van der Waals surface area contributed by atoms with E-state index in [1.165, 1.54) is 38.5 Å². The largest absolute Gasteiger partial charge is 0.306 e. The van der Waals surface area contributed by atoms with Crippen molar-refractivity contribution in [3.05, 3.63) is 0 Å². The number of halogens is 1. The lowest BCUT2D eigenvalue weighted by atomic mass is 10.1. The van der Waals surface area contributed by atoms with Crippen LogP contribution >= 0.6 is 24.0 Å². The smallest absolute Gasteiger partial charge is 0.00891 e. The maximum absolute atomic E-state index is 2.38. The van der Waals surface area contributed by atoms with Crippen molar-refractivity contribution in [3.8, 4) is 0 Å². The van der Waals surface area contributed by atoms with Crippen molar-refractivity contribution in [1.29, 1.82) is 0 Å². The zero-order valence-corrected chi connectivity index (χ0v) is 10.0. The van der Waals surface area contributed by atoms with Gasteiger partial charge in [0.2, 0.25) is 0 Å². The zero-order valence-electron chi connectivity index (χ0n) is 7.68. The first-order valence-electron chi connectivity index (χ1n) is 4.47. The van der Waals surface area contributed by atoms with Crippen LogP contribution in [0.15, 0.2) is 0 Å². The van der Waals surface area contributed by atoms with E-state index in [1.807, 2.05) is 0 Å². The van der Waals surface area contributed by atoms with Gasteiger partial charge in [0.1, 0.15) is 0 Å². The summed E-state index contributed by atoms with van der Waals surface area (Å²) in [7, 11) is 4.41. The van der Waals surface area contributed by atoms with E-state index in [4.69, 9.17) is 0 Å². The van der Waals surface area contributed by atoms with Crippen LogP contribution in [-0.4, -0.2) is 25.0 Å². The molecular formula is C9H20IN. The highest BCUT2D eigenvalue weighted by Gasteiger charge is 2.12. The first-order valence-corrected chi connectivity index (χ1v) is 4.47. The molecule has 1 rings (SSSR count). The zero-order chi connectivity index (χ0) is 7.40. The molecule has 0 unspecified atom stereocenters. The average Bonchev–Trinajstić information content (AvgIpc) is 2.12. The van der Waals surface area contributed by atoms with Crippen LogP contribution in [0.25, 0.3) is 0 Å². The van der Waals surface area contributed by atoms with E-state index in [1.54, 1.807) is 0 Å². The molecule has 1 aliphatic carbocycles. The Labute approximate surface area is 87.6 Å². The number of hydrogen-bond acceptors (Lipinski definition) is 1. The molecule has 0 heterocycles. The second-order valence-electron chi connectivity index (χ2n) is 3.61. The molecule has 0 atom stereocenters. The molecule has 0 amide bonds. The highest BCUT2D eigenvalue weighted by atomic mass is 127. The van der Waals surface area contributed by atoms with Gasteiger partial charge in [-0.2, -0.15) is 0 Å². The van der Waals surface area contributed by atoms with Gasteiger partial charge in [-0.15, -0.1) is 24.0 Å². The van der Waals surface area contributed by atoms with Crippen molar-refractivity contribution in [2.75, 3.05) is 14.1 Å². The third-order valence-corrected chi connectivity index (χ3v) is 2.55. The van der Waals surface area contributed by atoms with E-state index >= 15 is 0 Å². The molecule has 0 aromatic rings. The predicted molar refractivity (Wildman–Crippen MR) is 60.6 cm³/mol. The molecule has 0 aromatic carbocycles. The molecule has 1 nitrogen and oxygen atoms in total. The Bertz CT molecular complexity index is 85.6. The molecular weight excluding hydrogens is 249 g/mol. The number of rotatable bonds is 1. The maximum atomic E-state index is 2.38. The van der Waals surface area contributed by atoms with Crippen LogP contribution < -0.4 is 0 Å². The van der Waals surface area contributed by atoms with Crippen molar-refractivity contribution in [1.82, 2.24) is 4.90 Å². The fourth-order valence-electron chi connectivity index (χ4n) is 1.77. The molecule has 0 N–H and O–H groups in total. The van der Waals surface area contributed by atoms with Gasteiger partial charge in [0.25, 0.3) is 0 Å².